The lowest BCUT2D eigenvalue weighted by atomic mass is 10.3. The van der Waals surface area contributed by atoms with Crippen LogP contribution in [-0.4, -0.2) is 35.4 Å². The average Bonchev–Trinajstić information content (AvgIpc) is 2.13. The fourth-order valence-corrected chi connectivity index (χ4v) is 0.613. The van der Waals surface area contributed by atoms with Crippen LogP contribution in [0.25, 0.3) is 0 Å². The highest BCUT2D eigenvalue weighted by atomic mass is 35.5. The van der Waals surface area contributed by atoms with Gasteiger partial charge in [0.1, 0.15) is 11.0 Å². The maximum Gasteiger partial charge on any atom is 0.194 e. The smallest absolute Gasteiger partial charge is 0.194 e. The molecule has 0 aromatic carbocycles. The highest BCUT2D eigenvalue weighted by molar-refractivity contribution is 6.29. The van der Waals surface area contributed by atoms with E-state index in [2.05, 4.69) is 10.3 Å². The van der Waals surface area contributed by atoms with Crippen molar-refractivity contribution in [1.82, 2.24) is 5.32 Å². The lowest BCUT2D eigenvalue weighted by Crippen LogP contribution is -2.37. The topological polar surface area (TPSA) is 143 Å². The predicted molar refractivity (Wildman–Crippen MR) is 54.0 cm³/mol. The first-order valence-corrected chi connectivity index (χ1v) is 4.11. The second-order valence-corrected chi connectivity index (χ2v) is 2.83. The Hall–Kier alpha value is -1.18. The number of nitrogens with two attached hydrogens (primary N) is 3. The Labute approximate surface area is 86.2 Å². The number of nitrogens with one attached hydrogen (secondary N) is 1. The molecule has 0 aliphatic rings. The summed E-state index contributed by atoms with van der Waals surface area (Å²) in [5.74, 6) is -0.123. The fourth-order valence-electron chi connectivity index (χ4n) is 0.566. The van der Waals surface area contributed by atoms with Gasteiger partial charge in [0.25, 0.3) is 0 Å². The van der Waals surface area contributed by atoms with Gasteiger partial charge in [-0.3, -0.25) is 0 Å². The van der Waals surface area contributed by atoms with Gasteiger partial charge < -0.3 is 32.7 Å². The van der Waals surface area contributed by atoms with Crippen molar-refractivity contribution in [3.63, 3.8) is 0 Å². The Balaban J connectivity index is 4.33. The summed E-state index contributed by atoms with van der Waals surface area (Å²) in [4.78, 5) is 3.69. The Morgan fingerprint density at radius 2 is 1.79 bits per heavy atom. The standard InChI is InChI=1S/C6H14ClN5O2/c7-4(8)5(9)12-6(10)11-3(1-13)2-14/h3,13-14H,1-2,8-9H2,(H3,10,11,12)/b5-4-. The number of aliphatic hydroxyl groups excluding tert-OH is 2. The molecule has 8 heteroatoms. The van der Waals surface area contributed by atoms with E-state index in [0.29, 0.717) is 0 Å². The monoisotopic (exact) mass is 223 g/mol. The fraction of sp³-hybridized carbons (Fsp3) is 0.500. The van der Waals surface area contributed by atoms with Crippen molar-refractivity contribution >= 4 is 17.6 Å². The van der Waals surface area contributed by atoms with Gasteiger partial charge in [0.05, 0.1) is 19.3 Å². The van der Waals surface area contributed by atoms with Crippen molar-refractivity contribution in [3.05, 3.63) is 11.0 Å². The van der Waals surface area contributed by atoms with Crippen LogP contribution in [0.5, 0.6) is 0 Å². The summed E-state index contributed by atoms with van der Waals surface area (Å²) in [6, 6.07) is -0.688. The van der Waals surface area contributed by atoms with E-state index in [1.54, 1.807) is 0 Å². The average molecular weight is 224 g/mol. The summed E-state index contributed by atoms with van der Waals surface area (Å²) in [6.45, 7) is -0.641. The SMILES string of the molecule is NC(=NC(CO)CO)N/C(N)=C(\N)Cl. The van der Waals surface area contributed by atoms with E-state index in [4.69, 9.17) is 39.0 Å². The number of hydrogen-bond donors (Lipinski definition) is 6. The van der Waals surface area contributed by atoms with Crippen molar-refractivity contribution < 1.29 is 10.2 Å². The molecule has 9 N–H and O–H groups in total. The lowest BCUT2D eigenvalue weighted by molar-refractivity contribution is 0.195. The van der Waals surface area contributed by atoms with Gasteiger partial charge in [0, 0.05) is 0 Å². The minimum Gasteiger partial charge on any atom is -0.394 e. The third-order valence-corrected chi connectivity index (χ3v) is 1.47. The number of aliphatic imine (C=N–C) groups is 1. The molecule has 0 amide bonds. The molecule has 7 nitrogen and oxygen atoms in total. The summed E-state index contributed by atoms with van der Waals surface area (Å²) in [5.41, 5.74) is 15.8. The number of aliphatic hydroxyl groups is 2. The molecule has 0 aliphatic carbocycles. The summed E-state index contributed by atoms with van der Waals surface area (Å²) in [7, 11) is 0. The molecule has 82 valence electrons. The maximum absolute atomic E-state index is 8.67. The third-order valence-electron chi connectivity index (χ3n) is 1.26. The van der Waals surface area contributed by atoms with Crippen LogP contribution in [0.2, 0.25) is 0 Å². The molecule has 0 atom stereocenters. The van der Waals surface area contributed by atoms with Crippen LogP contribution in [0.3, 0.4) is 0 Å². The highest BCUT2D eigenvalue weighted by Gasteiger charge is 2.04. The third kappa shape index (κ3) is 4.75. The van der Waals surface area contributed by atoms with E-state index in [1.807, 2.05) is 0 Å². The minimum absolute atomic E-state index is 0.0393. The quantitative estimate of drug-likeness (QED) is 0.177. The van der Waals surface area contributed by atoms with Crippen molar-refractivity contribution in [3.8, 4) is 0 Å². The van der Waals surface area contributed by atoms with Crippen LogP contribution in [-0.2, 0) is 0 Å². The molecule has 0 rings (SSSR count). The predicted octanol–water partition coefficient (Wildman–Crippen LogP) is -2.47. The summed E-state index contributed by atoms with van der Waals surface area (Å²) >= 11 is 5.34. The molecule has 0 bridgehead atoms. The molecule has 0 spiro atoms. The molecule has 0 unspecified atom stereocenters. The molecule has 0 aromatic heterocycles. The van der Waals surface area contributed by atoms with Crippen molar-refractivity contribution in [2.75, 3.05) is 13.2 Å². The summed E-state index contributed by atoms with van der Waals surface area (Å²) < 4.78 is 0. The molecule has 0 fully saturated rings. The molecule has 0 radical (unpaired) electrons. The van der Waals surface area contributed by atoms with Crippen molar-refractivity contribution in [2.24, 2.45) is 22.2 Å². The summed E-state index contributed by atoms with van der Waals surface area (Å²) in [5, 5.41) is 19.6. The first-order valence-electron chi connectivity index (χ1n) is 3.74. The van der Waals surface area contributed by atoms with Crippen LogP contribution in [0, 0.1) is 0 Å². The van der Waals surface area contributed by atoms with E-state index in [0.717, 1.165) is 0 Å². The van der Waals surface area contributed by atoms with Crippen LogP contribution >= 0.6 is 11.6 Å². The van der Waals surface area contributed by atoms with E-state index in [-0.39, 0.29) is 30.2 Å². The molecule has 0 heterocycles. The first kappa shape index (κ1) is 12.8. The zero-order valence-electron chi connectivity index (χ0n) is 7.44. The lowest BCUT2D eigenvalue weighted by Gasteiger charge is -2.09. The molecular formula is C6H14ClN5O2. The first-order chi connectivity index (χ1) is 6.51. The van der Waals surface area contributed by atoms with Gasteiger partial charge in [-0.25, -0.2) is 4.99 Å². The summed E-state index contributed by atoms with van der Waals surface area (Å²) in [6.07, 6.45) is 0. The number of halogens is 1. The molecule has 14 heavy (non-hydrogen) atoms. The van der Waals surface area contributed by atoms with E-state index < -0.39 is 6.04 Å². The van der Waals surface area contributed by atoms with Gasteiger partial charge in [0.15, 0.2) is 5.96 Å². The Kier molecular flexibility index (Phi) is 5.77. The number of guanidine groups is 1. The van der Waals surface area contributed by atoms with Gasteiger partial charge in [0.2, 0.25) is 0 Å². The van der Waals surface area contributed by atoms with Gasteiger partial charge in [-0.15, -0.1) is 0 Å². The minimum atomic E-state index is -0.688. The van der Waals surface area contributed by atoms with Crippen LogP contribution < -0.4 is 22.5 Å². The molecular weight excluding hydrogens is 210 g/mol. The van der Waals surface area contributed by atoms with Crippen LogP contribution in [0.15, 0.2) is 16.0 Å². The largest absolute Gasteiger partial charge is 0.394 e. The molecule has 0 saturated heterocycles. The Morgan fingerprint density at radius 3 is 2.14 bits per heavy atom. The van der Waals surface area contributed by atoms with Crippen molar-refractivity contribution in [2.45, 2.75) is 6.04 Å². The molecule has 0 aromatic rings. The van der Waals surface area contributed by atoms with Crippen molar-refractivity contribution in [1.29, 1.82) is 0 Å². The second kappa shape index (κ2) is 6.30. The maximum atomic E-state index is 8.67. The second-order valence-electron chi connectivity index (χ2n) is 2.42. The number of rotatable bonds is 4. The zero-order chi connectivity index (χ0) is 11.1. The van der Waals surface area contributed by atoms with Crippen LogP contribution in [0.1, 0.15) is 0 Å². The van der Waals surface area contributed by atoms with E-state index in [9.17, 15) is 0 Å². The normalized spacial score (nSPS) is 14.1. The Bertz CT molecular complexity index is 234. The van der Waals surface area contributed by atoms with Gasteiger partial charge in [-0.05, 0) is 0 Å². The highest BCUT2D eigenvalue weighted by Crippen LogP contribution is 1.92. The number of hydrogen-bond acceptors (Lipinski definition) is 5. The molecule has 0 aliphatic heterocycles. The zero-order valence-corrected chi connectivity index (χ0v) is 8.20. The molecule has 0 saturated carbocycles. The van der Waals surface area contributed by atoms with Gasteiger partial charge in [-0.1, -0.05) is 11.6 Å². The van der Waals surface area contributed by atoms with Gasteiger partial charge in [-0.2, -0.15) is 0 Å². The van der Waals surface area contributed by atoms with E-state index in [1.165, 1.54) is 0 Å². The van der Waals surface area contributed by atoms with Gasteiger partial charge >= 0.3 is 0 Å². The number of nitrogens with zero attached hydrogens (tertiary/aromatic N) is 1. The van der Waals surface area contributed by atoms with Crippen LogP contribution in [0.4, 0.5) is 0 Å². The Morgan fingerprint density at radius 1 is 1.29 bits per heavy atom. The van der Waals surface area contributed by atoms with E-state index >= 15 is 0 Å².